The maximum Gasteiger partial charge on any atom is 0.128 e. The van der Waals surface area contributed by atoms with Crippen molar-refractivity contribution in [2.45, 2.75) is 58.6 Å². The number of nitrogens with one attached hydrogen (secondary N) is 1. The third-order valence-corrected chi connectivity index (χ3v) is 6.10. The number of aryl methyl sites for hydroxylation is 1. The highest BCUT2D eigenvalue weighted by Gasteiger charge is 2.22. The Hall–Kier alpha value is -3.17. The van der Waals surface area contributed by atoms with Crippen LogP contribution in [0, 0.1) is 16.7 Å². The lowest BCUT2D eigenvalue weighted by Crippen LogP contribution is -2.40. The van der Waals surface area contributed by atoms with Gasteiger partial charge >= 0.3 is 0 Å². The summed E-state index contributed by atoms with van der Waals surface area (Å²) in [7, 11) is 0. The van der Waals surface area contributed by atoms with Crippen molar-refractivity contribution in [3.05, 3.63) is 69.8 Å². The molecule has 4 N–H and O–H groups in total. The summed E-state index contributed by atoms with van der Waals surface area (Å²) in [6, 6.07) is 13.8. The van der Waals surface area contributed by atoms with Crippen LogP contribution in [0.1, 0.15) is 72.9 Å². The normalized spacial score (nSPS) is 15.1. The van der Waals surface area contributed by atoms with E-state index in [1.54, 1.807) is 18.2 Å². The molecule has 32 heavy (non-hydrogen) atoms. The van der Waals surface area contributed by atoms with Crippen LogP contribution in [0.3, 0.4) is 0 Å². The van der Waals surface area contributed by atoms with E-state index in [2.05, 4.69) is 50.0 Å². The molecule has 0 unspecified atom stereocenters. The van der Waals surface area contributed by atoms with Crippen LogP contribution in [-0.2, 0) is 13.0 Å². The molecule has 0 radical (unpaired) electrons. The molecule has 1 aliphatic rings. The van der Waals surface area contributed by atoms with Gasteiger partial charge in [-0.05, 0) is 60.1 Å². The van der Waals surface area contributed by atoms with Gasteiger partial charge in [-0.2, -0.15) is 5.26 Å². The van der Waals surface area contributed by atoms with Crippen molar-refractivity contribution >= 4 is 11.7 Å². The molecule has 0 aromatic heterocycles. The Labute approximate surface area is 190 Å². The van der Waals surface area contributed by atoms with E-state index in [0.29, 0.717) is 66.8 Å². The van der Waals surface area contributed by atoms with Crippen molar-refractivity contribution in [2.24, 2.45) is 10.7 Å². The fourth-order valence-corrected chi connectivity index (χ4v) is 4.18. The largest absolute Gasteiger partial charge is 0.393 e. The number of nitrogens with zero attached hydrogens (tertiary/aromatic N) is 3. The Kier molecular flexibility index (Phi) is 7.66. The summed E-state index contributed by atoms with van der Waals surface area (Å²) in [5, 5.41) is 27.9. The molecule has 0 spiro atoms. The van der Waals surface area contributed by atoms with E-state index >= 15 is 0 Å². The molecule has 1 saturated heterocycles. The van der Waals surface area contributed by atoms with Crippen molar-refractivity contribution in [3.63, 3.8) is 0 Å². The first-order valence-corrected chi connectivity index (χ1v) is 11.3. The molecule has 6 nitrogen and oxygen atoms in total. The van der Waals surface area contributed by atoms with Gasteiger partial charge in [-0.1, -0.05) is 39.0 Å². The van der Waals surface area contributed by atoms with Crippen molar-refractivity contribution < 1.29 is 5.11 Å². The highest BCUT2D eigenvalue weighted by molar-refractivity contribution is 6.09. The quantitative estimate of drug-likeness (QED) is 0.475. The Morgan fingerprint density at radius 1 is 1.22 bits per heavy atom. The standard InChI is InChI=1S/C26H33N5O/c1-4-20-13-19(6-7-22(20)17(2)3)16-30-25(28)24-14-18(15-27)5-8-23(24)26(29)31-11-9-21(32)10-12-31/h5-8,13-14,17,21,29,32H,4,9-12,16H2,1-3H3,(H2,28,30). The van der Waals surface area contributed by atoms with E-state index in [4.69, 9.17) is 11.1 Å². The van der Waals surface area contributed by atoms with Crippen LogP contribution in [0.5, 0.6) is 0 Å². The Morgan fingerprint density at radius 2 is 1.94 bits per heavy atom. The summed E-state index contributed by atoms with van der Waals surface area (Å²) in [6.07, 6.45) is 1.95. The molecule has 2 aromatic rings. The van der Waals surface area contributed by atoms with Gasteiger partial charge < -0.3 is 15.7 Å². The first-order chi connectivity index (χ1) is 15.3. The number of nitrogens with two attached hydrogens (primary N) is 1. The predicted octanol–water partition coefficient (Wildman–Crippen LogP) is 3.93. The number of piperidine rings is 1. The lowest BCUT2D eigenvalue weighted by atomic mass is 9.94. The monoisotopic (exact) mass is 431 g/mol. The zero-order chi connectivity index (χ0) is 23.3. The average molecular weight is 432 g/mol. The summed E-state index contributed by atoms with van der Waals surface area (Å²) >= 11 is 0. The van der Waals surface area contributed by atoms with Gasteiger partial charge in [-0.3, -0.25) is 10.4 Å². The van der Waals surface area contributed by atoms with Crippen LogP contribution in [0.15, 0.2) is 41.4 Å². The number of amidine groups is 2. The summed E-state index contributed by atoms with van der Waals surface area (Å²) in [4.78, 5) is 6.57. The maximum absolute atomic E-state index is 9.78. The van der Waals surface area contributed by atoms with E-state index in [0.717, 1.165) is 12.0 Å². The van der Waals surface area contributed by atoms with Gasteiger partial charge in [0.2, 0.25) is 0 Å². The number of nitriles is 1. The number of likely N-dealkylation sites (tertiary alicyclic amines) is 1. The fourth-order valence-electron chi connectivity index (χ4n) is 4.18. The minimum atomic E-state index is -0.304. The lowest BCUT2D eigenvalue weighted by Gasteiger charge is -2.32. The summed E-state index contributed by atoms with van der Waals surface area (Å²) < 4.78 is 0. The smallest absolute Gasteiger partial charge is 0.128 e. The minimum Gasteiger partial charge on any atom is -0.393 e. The Bertz CT molecular complexity index is 1040. The van der Waals surface area contributed by atoms with Crippen LogP contribution in [0.2, 0.25) is 0 Å². The SMILES string of the molecule is CCc1cc(CN=C(N)c2cc(C#N)ccc2C(=N)N2CCC(O)CC2)ccc1C(C)C. The molecule has 0 aliphatic carbocycles. The van der Waals surface area contributed by atoms with E-state index in [9.17, 15) is 10.4 Å². The molecule has 1 fully saturated rings. The van der Waals surface area contributed by atoms with E-state index in [-0.39, 0.29) is 6.10 Å². The molecule has 3 rings (SSSR count). The topological polar surface area (TPSA) is 109 Å². The first-order valence-electron chi connectivity index (χ1n) is 11.3. The number of hydrogen-bond acceptors (Lipinski definition) is 4. The number of aliphatic hydroxyl groups is 1. The van der Waals surface area contributed by atoms with Crippen molar-refractivity contribution in [1.82, 2.24) is 4.90 Å². The second-order valence-electron chi connectivity index (χ2n) is 8.68. The van der Waals surface area contributed by atoms with Gasteiger partial charge in [0.05, 0.1) is 24.3 Å². The van der Waals surface area contributed by atoms with E-state index in [1.165, 1.54) is 11.1 Å². The fraction of sp³-hybridized carbons (Fsp3) is 0.423. The number of aliphatic hydroxyl groups excluding tert-OH is 1. The Morgan fingerprint density at radius 3 is 2.56 bits per heavy atom. The molecule has 1 aliphatic heterocycles. The number of aliphatic imine (C=N–C) groups is 1. The van der Waals surface area contributed by atoms with Crippen molar-refractivity contribution in [2.75, 3.05) is 13.1 Å². The average Bonchev–Trinajstić information content (AvgIpc) is 2.81. The van der Waals surface area contributed by atoms with Gasteiger partial charge in [0, 0.05) is 24.2 Å². The van der Waals surface area contributed by atoms with Gasteiger partial charge in [-0.25, -0.2) is 0 Å². The molecule has 2 aromatic carbocycles. The van der Waals surface area contributed by atoms with E-state index in [1.807, 2.05) is 4.90 Å². The maximum atomic E-state index is 9.78. The molecule has 168 valence electrons. The van der Waals surface area contributed by atoms with Crippen LogP contribution >= 0.6 is 0 Å². The van der Waals surface area contributed by atoms with Gasteiger partial charge in [0.25, 0.3) is 0 Å². The summed E-state index contributed by atoms with van der Waals surface area (Å²) in [6.45, 7) is 8.25. The summed E-state index contributed by atoms with van der Waals surface area (Å²) in [5.41, 5.74) is 11.9. The van der Waals surface area contributed by atoms with E-state index < -0.39 is 0 Å². The molecule has 1 heterocycles. The van der Waals surface area contributed by atoms with Crippen LogP contribution in [0.25, 0.3) is 0 Å². The molecule has 6 heteroatoms. The van der Waals surface area contributed by atoms with Crippen molar-refractivity contribution in [1.29, 1.82) is 10.7 Å². The van der Waals surface area contributed by atoms with Crippen molar-refractivity contribution in [3.8, 4) is 6.07 Å². The van der Waals surface area contributed by atoms with Gasteiger partial charge in [-0.15, -0.1) is 0 Å². The lowest BCUT2D eigenvalue weighted by molar-refractivity contribution is 0.109. The highest BCUT2D eigenvalue weighted by atomic mass is 16.3. The molecule has 0 bridgehead atoms. The predicted molar refractivity (Wildman–Crippen MR) is 129 cm³/mol. The second-order valence-corrected chi connectivity index (χ2v) is 8.68. The molecule has 0 amide bonds. The van der Waals surface area contributed by atoms with Crippen LogP contribution in [-0.4, -0.2) is 40.9 Å². The molecular weight excluding hydrogens is 398 g/mol. The zero-order valence-electron chi connectivity index (χ0n) is 19.2. The van der Waals surface area contributed by atoms with Gasteiger partial charge in [0.1, 0.15) is 11.7 Å². The third-order valence-electron chi connectivity index (χ3n) is 6.10. The Balaban J connectivity index is 1.88. The number of hydrogen-bond donors (Lipinski definition) is 3. The first kappa shape index (κ1) is 23.5. The zero-order valence-corrected chi connectivity index (χ0v) is 19.2. The van der Waals surface area contributed by atoms with Crippen LogP contribution in [0.4, 0.5) is 0 Å². The van der Waals surface area contributed by atoms with Gasteiger partial charge in [0.15, 0.2) is 0 Å². The molecular formula is C26H33N5O. The minimum absolute atomic E-state index is 0.304. The third kappa shape index (κ3) is 5.35. The second kappa shape index (κ2) is 10.4. The van der Waals surface area contributed by atoms with Crippen LogP contribution < -0.4 is 5.73 Å². The molecule has 0 saturated carbocycles. The number of rotatable bonds is 6. The highest BCUT2D eigenvalue weighted by Crippen LogP contribution is 2.22. The summed E-state index contributed by atoms with van der Waals surface area (Å²) in [5.74, 6) is 1.15. The molecule has 0 atom stereocenters. The number of benzene rings is 2.